The maximum atomic E-state index is 13.6. The Morgan fingerprint density at radius 3 is 2.86 bits per heavy atom. The fraction of sp³-hybridized carbons (Fsp3) is 0.600. The number of benzene rings is 1. The molecule has 4 atom stereocenters. The number of nitrogens with zero attached hydrogens (tertiary/aromatic N) is 2. The van der Waals surface area contributed by atoms with Gasteiger partial charge in [-0.3, -0.25) is 9.59 Å². The fourth-order valence-corrected chi connectivity index (χ4v) is 4.99. The Balaban J connectivity index is 0.000000706. The van der Waals surface area contributed by atoms with Gasteiger partial charge in [0.25, 0.3) is 12.4 Å². The minimum Gasteiger partial charge on any atom is -0.494 e. The van der Waals surface area contributed by atoms with Crippen molar-refractivity contribution in [2.75, 3.05) is 40.8 Å². The predicted molar refractivity (Wildman–Crippen MR) is 99.9 cm³/mol. The van der Waals surface area contributed by atoms with Crippen LogP contribution in [0.2, 0.25) is 0 Å². The zero-order valence-electron chi connectivity index (χ0n) is 16.4. The number of carboxylic acid groups (broad SMARTS) is 1. The Morgan fingerprint density at radius 1 is 1.50 bits per heavy atom. The Kier molecular flexibility index (Phi) is 5.90. The van der Waals surface area contributed by atoms with E-state index in [0.717, 1.165) is 19.4 Å². The van der Waals surface area contributed by atoms with Crippen molar-refractivity contribution in [1.29, 1.82) is 0 Å². The Bertz CT molecular complexity index is 743. The third kappa shape index (κ3) is 3.58. The lowest BCUT2D eigenvalue weighted by Crippen LogP contribution is -2.40. The van der Waals surface area contributed by atoms with Gasteiger partial charge in [0.1, 0.15) is 0 Å². The first kappa shape index (κ1) is 20.5. The minimum atomic E-state index is -0.455. The van der Waals surface area contributed by atoms with Crippen molar-refractivity contribution in [2.45, 2.75) is 24.5 Å². The molecule has 154 valence electrons. The van der Waals surface area contributed by atoms with Gasteiger partial charge in [0.05, 0.1) is 25.4 Å². The second-order valence-electron chi connectivity index (χ2n) is 7.93. The molecule has 1 aromatic carbocycles. The van der Waals surface area contributed by atoms with E-state index < -0.39 is 5.82 Å². The smallest absolute Gasteiger partial charge is 0.290 e. The Morgan fingerprint density at radius 2 is 2.21 bits per heavy atom. The number of hydrogen-bond acceptors (Lipinski definition) is 5. The normalized spacial score (nSPS) is 30.0. The van der Waals surface area contributed by atoms with E-state index in [0.29, 0.717) is 36.6 Å². The number of ether oxygens (including phenoxy) is 2. The first-order valence-corrected chi connectivity index (χ1v) is 9.38. The van der Waals surface area contributed by atoms with Gasteiger partial charge < -0.3 is 24.4 Å². The number of carbonyl (C=O) groups excluding carboxylic acids is 1. The van der Waals surface area contributed by atoms with Crippen LogP contribution in [0.1, 0.15) is 23.2 Å². The lowest BCUT2D eigenvalue weighted by Gasteiger charge is -2.30. The van der Waals surface area contributed by atoms with Crippen LogP contribution in [0, 0.1) is 17.7 Å². The van der Waals surface area contributed by atoms with Gasteiger partial charge >= 0.3 is 0 Å². The Labute approximate surface area is 164 Å². The van der Waals surface area contributed by atoms with Crippen molar-refractivity contribution >= 4 is 12.4 Å². The second kappa shape index (κ2) is 8.05. The summed E-state index contributed by atoms with van der Waals surface area (Å²) in [7, 11) is 5.58. The molecule has 1 N–H and O–H groups in total. The van der Waals surface area contributed by atoms with Crippen LogP contribution in [0.25, 0.3) is 0 Å². The number of hydrogen-bond donors (Lipinski definition) is 1. The zero-order valence-corrected chi connectivity index (χ0v) is 16.4. The molecular weight excluding hydrogens is 367 g/mol. The van der Waals surface area contributed by atoms with Crippen molar-refractivity contribution in [2.24, 2.45) is 11.8 Å². The summed E-state index contributed by atoms with van der Waals surface area (Å²) in [6.45, 7) is 2.09. The molecule has 3 heterocycles. The van der Waals surface area contributed by atoms with E-state index in [2.05, 4.69) is 19.0 Å². The molecule has 0 aromatic heterocycles. The van der Waals surface area contributed by atoms with E-state index in [-0.39, 0.29) is 23.7 Å². The number of methoxy groups -OCH3 is 1. The van der Waals surface area contributed by atoms with E-state index in [1.807, 2.05) is 4.90 Å². The molecule has 1 amide bonds. The van der Waals surface area contributed by atoms with E-state index in [9.17, 15) is 9.18 Å². The van der Waals surface area contributed by atoms with Crippen LogP contribution in [0.3, 0.4) is 0 Å². The topological polar surface area (TPSA) is 79.3 Å². The third-order valence-corrected chi connectivity index (χ3v) is 6.05. The molecular formula is C20H27FN2O5. The van der Waals surface area contributed by atoms with E-state index in [4.69, 9.17) is 19.4 Å². The maximum absolute atomic E-state index is 13.6. The van der Waals surface area contributed by atoms with E-state index in [1.54, 1.807) is 0 Å². The molecule has 1 spiro atoms. The van der Waals surface area contributed by atoms with Gasteiger partial charge in [-0.25, -0.2) is 4.39 Å². The highest BCUT2D eigenvalue weighted by Gasteiger charge is 2.63. The van der Waals surface area contributed by atoms with Crippen LogP contribution in [0.4, 0.5) is 4.39 Å². The molecule has 3 aliphatic heterocycles. The SMILES string of the molecule is COc1cc(C(=O)N2C[C@@H]3[C@H](CN(C)C)[C@H]4CC[C@]3(C2)O4)ccc1F.O=CO. The molecule has 0 aliphatic carbocycles. The summed E-state index contributed by atoms with van der Waals surface area (Å²) in [4.78, 5) is 25.4. The van der Waals surface area contributed by atoms with Crippen LogP contribution in [0.15, 0.2) is 18.2 Å². The number of carbonyl (C=O) groups is 2. The third-order valence-electron chi connectivity index (χ3n) is 6.05. The monoisotopic (exact) mass is 394 g/mol. The van der Waals surface area contributed by atoms with Crippen molar-refractivity contribution in [3.05, 3.63) is 29.6 Å². The van der Waals surface area contributed by atoms with Gasteiger partial charge in [0.2, 0.25) is 0 Å². The standard InChI is InChI=1S/C19H25FN2O3.CH2O2/c1-21(2)9-13-14-10-22(11-19(14)7-6-16(13)25-19)18(23)12-4-5-15(20)17(8-12)24-3;2-1-3/h4-5,8,13-14,16H,6-7,9-11H2,1-3H3;1H,(H,2,3)/t13-,14+,16+,19+;/m0./s1. The highest BCUT2D eigenvalue weighted by molar-refractivity contribution is 5.95. The fourth-order valence-electron chi connectivity index (χ4n) is 4.99. The molecule has 28 heavy (non-hydrogen) atoms. The van der Waals surface area contributed by atoms with E-state index in [1.165, 1.54) is 25.3 Å². The van der Waals surface area contributed by atoms with Crippen molar-refractivity contribution in [3.8, 4) is 5.75 Å². The van der Waals surface area contributed by atoms with Crippen molar-refractivity contribution in [1.82, 2.24) is 9.80 Å². The zero-order chi connectivity index (χ0) is 20.5. The van der Waals surface area contributed by atoms with Crippen LogP contribution in [0.5, 0.6) is 5.75 Å². The molecule has 3 aliphatic rings. The van der Waals surface area contributed by atoms with Crippen LogP contribution >= 0.6 is 0 Å². The van der Waals surface area contributed by atoms with Gasteiger partial charge in [-0.1, -0.05) is 0 Å². The summed E-state index contributed by atoms with van der Waals surface area (Å²) in [5, 5.41) is 6.89. The lowest BCUT2D eigenvalue weighted by molar-refractivity contribution is -0.122. The first-order chi connectivity index (χ1) is 13.3. The highest BCUT2D eigenvalue weighted by Crippen LogP contribution is 2.55. The maximum Gasteiger partial charge on any atom is 0.290 e. The van der Waals surface area contributed by atoms with Gasteiger partial charge in [-0.2, -0.15) is 0 Å². The highest BCUT2D eigenvalue weighted by atomic mass is 19.1. The molecule has 3 saturated heterocycles. The summed E-state index contributed by atoms with van der Waals surface area (Å²) in [5.41, 5.74) is 0.291. The second-order valence-corrected chi connectivity index (χ2v) is 7.93. The van der Waals surface area contributed by atoms with Crippen LogP contribution < -0.4 is 4.74 Å². The quantitative estimate of drug-likeness (QED) is 0.784. The lowest BCUT2D eigenvalue weighted by atomic mass is 9.73. The molecule has 8 heteroatoms. The predicted octanol–water partition coefficient (Wildman–Crippen LogP) is 1.72. The largest absolute Gasteiger partial charge is 0.494 e. The van der Waals surface area contributed by atoms with E-state index >= 15 is 0 Å². The minimum absolute atomic E-state index is 0.0715. The van der Waals surface area contributed by atoms with Crippen molar-refractivity contribution in [3.63, 3.8) is 0 Å². The molecule has 0 radical (unpaired) electrons. The molecule has 0 unspecified atom stereocenters. The molecule has 4 rings (SSSR count). The van der Waals surface area contributed by atoms with Crippen LogP contribution in [-0.2, 0) is 9.53 Å². The van der Waals surface area contributed by atoms with Crippen LogP contribution in [-0.4, -0.2) is 79.8 Å². The number of fused-ring (bicyclic) bond motifs is 1. The Hall–Kier alpha value is -2.19. The number of rotatable bonds is 4. The number of halogens is 1. The van der Waals surface area contributed by atoms with Gasteiger partial charge in [-0.05, 0) is 45.1 Å². The summed E-state index contributed by atoms with van der Waals surface area (Å²) in [6.07, 6.45) is 2.44. The molecule has 1 aromatic rings. The number of likely N-dealkylation sites (tertiary alicyclic amines) is 1. The molecule has 0 saturated carbocycles. The first-order valence-electron chi connectivity index (χ1n) is 9.38. The van der Waals surface area contributed by atoms with Gasteiger partial charge in [0.15, 0.2) is 11.6 Å². The summed E-state index contributed by atoms with van der Waals surface area (Å²) in [5.74, 6) is 0.442. The molecule has 7 nitrogen and oxygen atoms in total. The summed E-state index contributed by atoms with van der Waals surface area (Å²) < 4.78 is 25.0. The van der Waals surface area contributed by atoms with Gasteiger partial charge in [-0.15, -0.1) is 0 Å². The summed E-state index contributed by atoms with van der Waals surface area (Å²) >= 11 is 0. The average Bonchev–Trinajstić information content (AvgIpc) is 3.31. The van der Waals surface area contributed by atoms with Crippen molar-refractivity contribution < 1.29 is 28.6 Å². The average molecular weight is 394 g/mol. The molecule has 3 fully saturated rings. The van der Waals surface area contributed by atoms with Gasteiger partial charge in [0, 0.05) is 30.5 Å². The summed E-state index contributed by atoms with van der Waals surface area (Å²) in [6, 6.07) is 4.30. The number of amides is 1. The molecule has 2 bridgehead atoms.